The first-order valence-corrected chi connectivity index (χ1v) is 10.1. The molecular weight excluding hydrogens is 388 g/mol. The number of pyridine rings is 2. The standard InChI is InChI=1S/C25H22N4O2/c1-24(2,3)11-10-16-6-8-20-18(13-16)25(15-30-23(26)29-25)22-21(31-20)9-7-19(28-22)17-5-4-12-27-14-17/h4-9,12-14H,15H2,1-3H3,(H2,26,29)/t25-/m1/s1. The quantitative estimate of drug-likeness (QED) is 0.607. The van der Waals surface area contributed by atoms with Crippen molar-refractivity contribution in [3.63, 3.8) is 0 Å². The molecule has 2 aliphatic rings. The van der Waals surface area contributed by atoms with E-state index in [1.54, 1.807) is 12.4 Å². The Morgan fingerprint density at radius 1 is 1.10 bits per heavy atom. The maximum atomic E-state index is 6.20. The van der Waals surface area contributed by atoms with Gasteiger partial charge in [0.05, 0.1) is 5.69 Å². The first kappa shape index (κ1) is 19.1. The summed E-state index contributed by atoms with van der Waals surface area (Å²) in [4.78, 5) is 13.8. The largest absolute Gasteiger partial charge is 0.462 e. The molecule has 3 aromatic rings. The number of aromatic nitrogens is 2. The molecule has 6 nitrogen and oxygen atoms in total. The number of ether oxygens (including phenoxy) is 2. The highest BCUT2D eigenvalue weighted by Crippen LogP contribution is 2.50. The molecule has 0 saturated heterocycles. The summed E-state index contributed by atoms with van der Waals surface area (Å²) in [6, 6.07) is 13.7. The maximum Gasteiger partial charge on any atom is 0.283 e. The molecule has 0 fully saturated rings. The van der Waals surface area contributed by atoms with E-state index in [4.69, 9.17) is 25.2 Å². The van der Waals surface area contributed by atoms with E-state index in [1.165, 1.54) is 0 Å². The molecule has 2 N–H and O–H groups in total. The minimum atomic E-state index is -0.884. The average Bonchev–Trinajstić information content (AvgIpc) is 3.15. The fraction of sp³-hybridized carbons (Fsp3) is 0.240. The topological polar surface area (TPSA) is 82.6 Å². The van der Waals surface area contributed by atoms with E-state index < -0.39 is 5.54 Å². The molecule has 0 amide bonds. The van der Waals surface area contributed by atoms with E-state index in [1.807, 2.05) is 42.5 Å². The highest BCUT2D eigenvalue weighted by atomic mass is 16.5. The lowest BCUT2D eigenvalue weighted by atomic mass is 9.83. The molecule has 4 heterocycles. The molecule has 154 valence electrons. The van der Waals surface area contributed by atoms with Crippen LogP contribution in [-0.2, 0) is 10.3 Å². The van der Waals surface area contributed by atoms with Crippen LogP contribution in [0.25, 0.3) is 11.3 Å². The molecule has 1 spiro atoms. The first-order chi connectivity index (χ1) is 14.8. The second-order valence-electron chi connectivity index (χ2n) is 8.70. The Labute approximate surface area is 181 Å². The summed E-state index contributed by atoms with van der Waals surface area (Å²) < 4.78 is 11.8. The van der Waals surface area contributed by atoms with Crippen molar-refractivity contribution < 1.29 is 9.47 Å². The predicted octanol–water partition coefficient (Wildman–Crippen LogP) is 4.24. The van der Waals surface area contributed by atoms with E-state index in [0.29, 0.717) is 17.2 Å². The summed E-state index contributed by atoms with van der Waals surface area (Å²) in [6.07, 6.45) is 3.51. The Bertz CT molecular complexity index is 1270. The van der Waals surface area contributed by atoms with Crippen molar-refractivity contribution in [3.8, 4) is 34.6 Å². The van der Waals surface area contributed by atoms with Gasteiger partial charge >= 0.3 is 0 Å². The molecule has 0 aliphatic carbocycles. The number of aliphatic imine (C=N–C) groups is 1. The van der Waals surface area contributed by atoms with Gasteiger partial charge < -0.3 is 15.2 Å². The van der Waals surface area contributed by atoms with Crippen molar-refractivity contribution in [3.05, 3.63) is 71.7 Å². The molecule has 0 saturated carbocycles. The third-order valence-corrected chi connectivity index (χ3v) is 5.16. The lowest BCUT2D eigenvalue weighted by Gasteiger charge is -2.32. The molecule has 1 atom stereocenters. The van der Waals surface area contributed by atoms with E-state index in [9.17, 15) is 0 Å². The number of rotatable bonds is 1. The van der Waals surface area contributed by atoms with Crippen molar-refractivity contribution in [2.45, 2.75) is 26.3 Å². The van der Waals surface area contributed by atoms with Crippen LogP contribution in [0.3, 0.4) is 0 Å². The lowest BCUT2D eigenvalue weighted by molar-refractivity contribution is 0.260. The van der Waals surface area contributed by atoms with Crippen LogP contribution in [0.1, 0.15) is 37.6 Å². The molecular formula is C25H22N4O2. The molecule has 0 bridgehead atoms. The smallest absolute Gasteiger partial charge is 0.283 e. The van der Waals surface area contributed by atoms with E-state index in [-0.39, 0.29) is 18.0 Å². The molecule has 31 heavy (non-hydrogen) atoms. The fourth-order valence-electron chi connectivity index (χ4n) is 3.72. The second kappa shape index (κ2) is 6.85. The number of hydrogen-bond acceptors (Lipinski definition) is 6. The average molecular weight is 410 g/mol. The Balaban J connectivity index is 1.69. The summed E-state index contributed by atoms with van der Waals surface area (Å²) in [5.41, 5.74) is 9.08. The van der Waals surface area contributed by atoms with Gasteiger partial charge in [0.25, 0.3) is 6.02 Å². The van der Waals surface area contributed by atoms with Crippen molar-refractivity contribution in [2.75, 3.05) is 6.61 Å². The summed E-state index contributed by atoms with van der Waals surface area (Å²) in [7, 11) is 0. The fourth-order valence-corrected chi connectivity index (χ4v) is 3.72. The van der Waals surface area contributed by atoms with Gasteiger partial charge in [-0.1, -0.05) is 11.8 Å². The highest BCUT2D eigenvalue weighted by molar-refractivity contribution is 5.77. The van der Waals surface area contributed by atoms with Crippen LogP contribution in [0.5, 0.6) is 11.5 Å². The number of benzene rings is 1. The third kappa shape index (κ3) is 3.38. The highest BCUT2D eigenvalue weighted by Gasteiger charge is 2.48. The number of nitrogens with zero attached hydrogens (tertiary/aromatic N) is 3. The number of nitrogens with two attached hydrogens (primary N) is 1. The Kier molecular flexibility index (Phi) is 4.23. The van der Waals surface area contributed by atoms with Crippen molar-refractivity contribution in [2.24, 2.45) is 16.1 Å². The van der Waals surface area contributed by atoms with Gasteiger partial charge in [-0.3, -0.25) is 4.98 Å². The van der Waals surface area contributed by atoms with Gasteiger partial charge in [0, 0.05) is 34.5 Å². The van der Waals surface area contributed by atoms with Crippen LogP contribution in [0, 0.1) is 17.3 Å². The van der Waals surface area contributed by atoms with Gasteiger partial charge in [0.2, 0.25) is 0 Å². The number of fused-ring (bicyclic) bond motifs is 4. The Morgan fingerprint density at radius 3 is 2.65 bits per heavy atom. The predicted molar refractivity (Wildman–Crippen MR) is 119 cm³/mol. The van der Waals surface area contributed by atoms with Gasteiger partial charge in [0.15, 0.2) is 11.3 Å². The normalized spacial score (nSPS) is 18.7. The van der Waals surface area contributed by atoms with Crippen LogP contribution < -0.4 is 10.5 Å². The lowest BCUT2D eigenvalue weighted by Crippen LogP contribution is -2.32. The van der Waals surface area contributed by atoms with Crippen LogP contribution in [-0.4, -0.2) is 22.6 Å². The monoisotopic (exact) mass is 410 g/mol. The summed E-state index contributed by atoms with van der Waals surface area (Å²) in [6.45, 7) is 6.50. The summed E-state index contributed by atoms with van der Waals surface area (Å²) in [5, 5.41) is 0. The molecule has 0 radical (unpaired) electrons. The molecule has 2 aromatic heterocycles. The molecule has 5 rings (SSSR count). The van der Waals surface area contributed by atoms with Crippen molar-refractivity contribution in [1.82, 2.24) is 9.97 Å². The zero-order valence-corrected chi connectivity index (χ0v) is 17.6. The Morgan fingerprint density at radius 2 is 1.94 bits per heavy atom. The summed E-state index contributed by atoms with van der Waals surface area (Å²) >= 11 is 0. The van der Waals surface area contributed by atoms with Gasteiger partial charge in [-0.25, -0.2) is 9.98 Å². The third-order valence-electron chi connectivity index (χ3n) is 5.16. The van der Waals surface area contributed by atoms with Crippen molar-refractivity contribution in [1.29, 1.82) is 0 Å². The number of amidine groups is 1. The van der Waals surface area contributed by atoms with Crippen molar-refractivity contribution >= 4 is 6.02 Å². The van der Waals surface area contributed by atoms with E-state index in [2.05, 4.69) is 37.6 Å². The van der Waals surface area contributed by atoms with Crippen LogP contribution in [0.2, 0.25) is 0 Å². The SMILES string of the molecule is CC(C)(C)C#Cc1ccc2c(c1)[C@]1(COC(N)=N1)c1nc(-c3cccnc3)ccc1O2. The minimum absolute atomic E-state index is 0.101. The molecule has 0 unspecified atom stereocenters. The first-order valence-electron chi connectivity index (χ1n) is 10.1. The maximum absolute atomic E-state index is 6.20. The zero-order chi connectivity index (χ0) is 21.6. The van der Waals surface area contributed by atoms with Crippen LogP contribution in [0.15, 0.2) is 59.9 Å². The van der Waals surface area contributed by atoms with Crippen LogP contribution >= 0.6 is 0 Å². The molecule has 1 aromatic carbocycles. The molecule has 2 aliphatic heterocycles. The van der Waals surface area contributed by atoms with Gasteiger partial charge in [-0.2, -0.15) is 0 Å². The van der Waals surface area contributed by atoms with Gasteiger partial charge in [-0.15, -0.1) is 0 Å². The van der Waals surface area contributed by atoms with E-state index in [0.717, 1.165) is 22.4 Å². The zero-order valence-electron chi connectivity index (χ0n) is 17.6. The summed E-state index contributed by atoms with van der Waals surface area (Å²) in [5.74, 6) is 7.87. The van der Waals surface area contributed by atoms with E-state index >= 15 is 0 Å². The minimum Gasteiger partial charge on any atom is -0.462 e. The number of hydrogen-bond donors (Lipinski definition) is 1. The second-order valence-corrected chi connectivity index (χ2v) is 8.70. The Hall–Kier alpha value is -3.85. The van der Waals surface area contributed by atoms with Gasteiger partial charge in [-0.05, 0) is 63.2 Å². The molecule has 6 heteroatoms. The van der Waals surface area contributed by atoms with Crippen LogP contribution in [0.4, 0.5) is 0 Å². The van der Waals surface area contributed by atoms with Gasteiger partial charge in [0.1, 0.15) is 18.1 Å².